The van der Waals surface area contributed by atoms with Gasteiger partial charge in [-0.3, -0.25) is 14.5 Å². The second kappa shape index (κ2) is 7.95. The van der Waals surface area contributed by atoms with Gasteiger partial charge in [0.1, 0.15) is 12.1 Å². The molecular formula is C19H23Cl2N3O3. The molecule has 3 aliphatic rings. The van der Waals surface area contributed by atoms with E-state index in [2.05, 4.69) is 10.2 Å². The third-order valence-electron chi connectivity index (χ3n) is 5.40. The summed E-state index contributed by atoms with van der Waals surface area (Å²) in [5, 5.41) is 3.95. The quantitative estimate of drug-likeness (QED) is 0.806. The summed E-state index contributed by atoms with van der Waals surface area (Å²) in [5.74, 6) is -0.151. The number of halogens is 2. The Hall–Kier alpha value is -1.34. The largest absolute Gasteiger partial charge is 0.379 e. The van der Waals surface area contributed by atoms with Gasteiger partial charge in [-0.15, -0.1) is 0 Å². The summed E-state index contributed by atoms with van der Waals surface area (Å²) in [4.78, 5) is 29.8. The average molecular weight is 412 g/mol. The van der Waals surface area contributed by atoms with Gasteiger partial charge in [-0.25, -0.2) is 0 Å². The zero-order chi connectivity index (χ0) is 19.0. The van der Waals surface area contributed by atoms with E-state index in [9.17, 15) is 9.59 Å². The maximum atomic E-state index is 13.2. The van der Waals surface area contributed by atoms with Crippen LogP contribution in [-0.2, 0) is 14.3 Å². The smallest absolute Gasteiger partial charge is 0.245 e. The lowest BCUT2D eigenvalue weighted by Crippen LogP contribution is -2.49. The minimum absolute atomic E-state index is 0.0377. The van der Waals surface area contributed by atoms with Crippen LogP contribution in [0.15, 0.2) is 18.2 Å². The van der Waals surface area contributed by atoms with Gasteiger partial charge in [-0.1, -0.05) is 23.2 Å². The van der Waals surface area contributed by atoms with E-state index in [1.807, 2.05) is 4.90 Å². The molecule has 0 spiro atoms. The highest BCUT2D eigenvalue weighted by Crippen LogP contribution is 2.32. The van der Waals surface area contributed by atoms with Gasteiger partial charge in [0.05, 0.1) is 13.2 Å². The van der Waals surface area contributed by atoms with Gasteiger partial charge in [-0.05, 0) is 43.0 Å². The Labute approximate surface area is 168 Å². The van der Waals surface area contributed by atoms with Crippen molar-refractivity contribution in [2.45, 2.75) is 37.4 Å². The van der Waals surface area contributed by atoms with Crippen LogP contribution in [0.1, 0.15) is 30.9 Å². The summed E-state index contributed by atoms with van der Waals surface area (Å²) in [7, 11) is 0. The van der Waals surface area contributed by atoms with Gasteiger partial charge in [0.25, 0.3) is 0 Å². The third-order valence-corrected chi connectivity index (χ3v) is 5.84. The number of amides is 2. The average Bonchev–Trinajstić information content (AvgIpc) is 3.40. The topological polar surface area (TPSA) is 61.9 Å². The van der Waals surface area contributed by atoms with Crippen molar-refractivity contribution in [2.75, 3.05) is 32.8 Å². The summed E-state index contributed by atoms with van der Waals surface area (Å²) in [6, 6.07) is 4.56. The number of nitrogens with one attached hydrogen (secondary N) is 1. The van der Waals surface area contributed by atoms with Crippen LogP contribution >= 0.6 is 23.2 Å². The first-order valence-corrected chi connectivity index (χ1v) is 10.2. The molecule has 1 saturated carbocycles. The first-order chi connectivity index (χ1) is 13.0. The van der Waals surface area contributed by atoms with E-state index >= 15 is 0 Å². The fourth-order valence-corrected chi connectivity index (χ4v) is 4.47. The van der Waals surface area contributed by atoms with Crippen molar-refractivity contribution < 1.29 is 14.3 Å². The predicted octanol–water partition coefficient (Wildman–Crippen LogP) is 2.25. The second-order valence-corrected chi connectivity index (χ2v) is 8.24. The minimum atomic E-state index is -0.548. The first-order valence-electron chi connectivity index (χ1n) is 9.41. The molecule has 0 bridgehead atoms. The fourth-order valence-electron chi connectivity index (χ4n) is 3.93. The second-order valence-electron chi connectivity index (χ2n) is 7.37. The maximum absolute atomic E-state index is 13.2. The maximum Gasteiger partial charge on any atom is 0.245 e. The van der Waals surface area contributed by atoms with Gasteiger partial charge in [0, 0.05) is 35.7 Å². The number of carbonyl (C=O) groups excluding carboxylic acids is 2. The van der Waals surface area contributed by atoms with E-state index in [-0.39, 0.29) is 11.8 Å². The summed E-state index contributed by atoms with van der Waals surface area (Å²) >= 11 is 12.3. The Kier molecular flexibility index (Phi) is 5.60. The van der Waals surface area contributed by atoms with Gasteiger partial charge in [0.15, 0.2) is 0 Å². The van der Waals surface area contributed by atoms with Crippen LogP contribution in [0.2, 0.25) is 10.0 Å². The van der Waals surface area contributed by atoms with Gasteiger partial charge < -0.3 is 15.0 Å². The lowest BCUT2D eigenvalue weighted by Gasteiger charge is -2.34. The Bertz CT molecular complexity index is 715. The lowest BCUT2D eigenvalue weighted by molar-refractivity contribution is -0.135. The molecule has 1 N–H and O–H groups in total. The molecule has 1 aromatic rings. The van der Waals surface area contributed by atoms with Crippen molar-refractivity contribution in [3.05, 3.63) is 33.8 Å². The van der Waals surface area contributed by atoms with E-state index in [0.29, 0.717) is 48.8 Å². The number of likely N-dealkylation sites (tertiary alicyclic amines) is 1. The normalized spacial score (nSPS) is 24.9. The van der Waals surface area contributed by atoms with Gasteiger partial charge in [-0.2, -0.15) is 0 Å². The number of morpholine rings is 1. The van der Waals surface area contributed by atoms with E-state index in [1.54, 1.807) is 18.2 Å². The van der Waals surface area contributed by atoms with Crippen LogP contribution in [0.5, 0.6) is 0 Å². The fraction of sp³-hybridized carbons (Fsp3) is 0.579. The summed E-state index contributed by atoms with van der Waals surface area (Å²) in [6.45, 7) is 3.12. The molecule has 0 radical (unpaired) electrons. The summed E-state index contributed by atoms with van der Waals surface area (Å²) in [6.07, 6.45) is 2.81. The molecule has 146 valence electrons. The van der Waals surface area contributed by atoms with Crippen molar-refractivity contribution >= 4 is 35.0 Å². The first kappa shape index (κ1) is 19.0. The van der Waals surface area contributed by atoms with Crippen LogP contribution in [0.4, 0.5) is 0 Å². The number of ether oxygens (including phenoxy) is 1. The van der Waals surface area contributed by atoms with E-state index in [0.717, 1.165) is 24.9 Å². The van der Waals surface area contributed by atoms with Crippen LogP contribution in [0.25, 0.3) is 0 Å². The van der Waals surface area contributed by atoms with E-state index in [1.165, 1.54) is 0 Å². The van der Waals surface area contributed by atoms with Gasteiger partial charge in [0.2, 0.25) is 11.8 Å². The molecule has 27 heavy (non-hydrogen) atoms. The van der Waals surface area contributed by atoms with Crippen molar-refractivity contribution in [2.24, 2.45) is 0 Å². The number of benzene rings is 1. The monoisotopic (exact) mass is 411 g/mol. The Morgan fingerprint density at radius 3 is 2.37 bits per heavy atom. The van der Waals surface area contributed by atoms with E-state index < -0.39 is 12.1 Å². The predicted molar refractivity (Wildman–Crippen MR) is 103 cm³/mol. The Morgan fingerprint density at radius 1 is 1.07 bits per heavy atom. The number of rotatable bonds is 5. The highest BCUT2D eigenvalue weighted by Gasteiger charge is 2.42. The summed E-state index contributed by atoms with van der Waals surface area (Å²) < 4.78 is 5.42. The number of nitrogens with zero attached hydrogens (tertiary/aromatic N) is 2. The zero-order valence-electron chi connectivity index (χ0n) is 15.0. The van der Waals surface area contributed by atoms with Crippen LogP contribution in [0, 0.1) is 0 Å². The molecule has 2 amide bonds. The van der Waals surface area contributed by atoms with Crippen molar-refractivity contribution in [3.63, 3.8) is 0 Å². The standard InChI is InChI=1S/C19H23Cl2N3O3/c20-13-9-12(10-14(21)11-13)17(23-5-7-27-8-6-23)18(25)22-16-3-4-24(19(16)26)15-1-2-15/h9-11,15-17H,1-8H2,(H,22,25). The molecule has 1 aliphatic carbocycles. The molecule has 8 heteroatoms. The van der Waals surface area contributed by atoms with Crippen LogP contribution in [-0.4, -0.2) is 66.5 Å². The molecule has 2 aliphatic heterocycles. The third kappa shape index (κ3) is 4.24. The Morgan fingerprint density at radius 2 is 1.74 bits per heavy atom. The Balaban J connectivity index is 1.54. The molecule has 3 fully saturated rings. The zero-order valence-corrected chi connectivity index (χ0v) is 16.5. The molecule has 2 heterocycles. The SMILES string of the molecule is O=C(NC1CCN(C2CC2)C1=O)C(c1cc(Cl)cc(Cl)c1)N1CCOCC1. The highest BCUT2D eigenvalue weighted by molar-refractivity contribution is 6.34. The van der Waals surface area contributed by atoms with Gasteiger partial charge >= 0.3 is 0 Å². The molecule has 1 aromatic carbocycles. The molecule has 0 aromatic heterocycles. The van der Waals surface area contributed by atoms with Crippen molar-refractivity contribution in [3.8, 4) is 0 Å². The van der Waals surface area contributed by atoms with Crippen molar-refractivity contribution in [1.82, 2.24) is 15.1 Å². The number of hydrogen-bond acceptors (Lipinski definition) is 4. The van der Waals surface area contributed by atoms with Crippen molar-refractivity contribution in [1.29, 1.82) is 0 Å². The van der Waals surface area contributed by atoms with Crippen LogP contribution < -0.4 is 5.32 Å². The molecule has 4 rings (SSSR count). The lowest BCUT2D eigenvalue weighted by atomic mass is 10.0. The molecular weight excluding hydrogens is 389 g/mol. The summed E-state index contributed by atoms with van der Waals surface area (Å²) in [5.41, 5.74) is 0.733. The number of carbonyl (C=O) groups is 2. The van der Waals surface area contributed by atoms with Crippen LogP contribution in [0.3, 0.4) is 0 Å². The molecule has 6 nitrogen and oxygen atoms in total. The van der Waals surface area contributed by atoms with E-state index in [4.69, 9.17) is 27.9 Å². The molecule has 2 unspecified atom stereocenters. The highest BCUT2D eigenvalue weighted by atomic mass is 35.5. The molecule has 2 atom stereocenters. The molecule has 2 saturated heterocycles. The minimum Gasteiger partial charge on any atom is -0.379 e. The number of hydrogen-bond donors (Lipinski definition) is 1.